The molecule has 0 aromatic heterocycles. The highest BCUT2D eigenvalue weighted by atomic mass is 16.5. The summed E-state index contributed by atoms with van der Waals surface area (Å²) < 4.78 is 11.4. The molecule has 0 saturated carbocycles. The van der Waals surface area contributed by atoms with Gasteiger partial charge in [0.1, 0.15) is 18.1 Å². The van der Waals surface area contributed by atoms with Crippen LogP contribution < -0.4 is 14.4 Å². The second kappa shape index (κ2) is 13.2. The van der Waals surface area contributed by atoms with Gasteiger partial charge in [-0.15, -0.1) is 0 Å². The Balaban J connectivity index is 1.38. The van der Waals surface area contributed by atoms with E-state index in [-0.39, 0.29) is 17.9 Å². The van der Waals surface area contributed by atoms with Crippen molar-refractivity contribution in [3.8, 4) is 11.5 Å². The van der Waals surface area contributed by atoms with Crippen LogP contribution in [0.25, 0.3) is 0 Å². The zero-order chi connectivity index (χ0) is 27.8. The quantitative estimate of drug-likeness (QED) is 0.511. The smallest absolute Gasteiger partial charge is 0.229 e. The molecule has 7 nitrogen and oxygen atoms in total. The topological polar surface area (TPSA) is 62.3 Å². The lowest BCUT2D eigenvalue weighted by Gasteiger charge is -2.44. The van der Waals surface area contributed by atoms with Gasteiger partial charge in [-0.2, -0.15) is 0 Å². The molecule has 2 aromatic carbocycles. The number of amides is 2. The fourth-order valence-electron chi connectivity index (χ4n) is 5.93. The second-order valence-electron chi connectivity index (χ2n) is 11.3. The van der Waals surface area contributed by atoms with Gasteiger partial charge in [-0.25, -0.2) is 0 Å². The van der Waals surface area contributed by atoms with Gasteiger partial charge in [-0.1, -0.05) is 24.6 Å². The maximum absolute atomic E-state index is 14.1. The fourth-order valence-corrected chi connectivity index (χ4v) is 5.93. The van der Waals surface area contributed by atoms with E-state index < -0.39 is 5.41 Å². The highest BCUT2D eigenvalue weighted by molar-refractivity contribution is 5.84. The molecular formula is C32H45N3O4. The Hall–Kier alpha value is -3.22. The Kier molecular flexibility index (Phi) is 9.76. The molecule has 0 bridgehead atoms. The summed E-state index contributed by atoms with van der Waals surface area (Å²) in [6.07, 6.45) is 5.77. The molecule has 1 fully saturated rings. The van der Waals surface area contributed by atoms with Crippen LogP contribution in [0.2, 0.25) is 0 Å². The average molecular weight is 536 g/mol. The summed E-state index contributed by atoms with van der Waals surface area (Å²) >= 11 is 0. The van der Waals surface area contributed by atoms with E-state index >= 15 is 0 Å². The number of anilines is 1. The summed E-state index contributed by atoms with van der Waals surface area (Å²) in [6, 6.07) is 16.2. The highest BCUT2D eigenvalue weighted by Crippen LogP contribution is 2.40. The molecule has 0 N–H and O–H groups in total. The molecule has 0 aliphatic carbocycles. The number of rotatable bonds is 6. The summed E-state index contributed by atoms with van der Waals surface area (Å²) in [6.45, 7) is 7.17. The Morgan fingerprint density at radius 2 is 1.74 bits per heavy atom. The number of ether oxygens (including phenoxy) is 2. The van der Waals surface area contributed by atoms with E-state index in [9.17, 15) is 9.59 Å². The summed E-state index contributed by atoms with van der Waals surface area (Å²) in [5.41, 5.74) is 1.90. The molecule has 0 unspecified atom stereocenters. The Bertz CT molecular complexity index is 1090. The molecule has 2 aromatic rings. The first-order valence-corrected chi connectivity index (χ1v) is 14.5. The summed E-state index contributed by atoms with van der Waals surface area (Å²) in [5, 5.41) is 0. The molecule has 4 rings (SSSR count). The molecule has 1 spiro atoms. The van der Waals surface area contributed by atoms with Crippen molar-refractivity contribution in [2.75, 3.05) is 51.8 Å². The van der Waals surface area contributed by atoms with Crippen LogP contribution in [-0.4, -0.2) is 74.6 Å². The van der Waals surface area contributed by atoms with E-state index in [0.29, 0.717) is 39.2 Å². The van der Waals surface area contributed by atoms with Gasteiger partial charge < -0.3 is 24.2 Å². The molecule has 2 heterocycles. The van der Waals surface area contributed by atoms with E-state index in [2.05, 4.69) is 30.9 Å². The lowest BCUT2D eigenvalue weighted by atomic mass is 9.72. The molecule has 1 saturated heterocycles. The Morgan fingerprint density at radius 1 is 1.03 bits per heavy atom. The molecule has 0 atom stereocenters. The van der Waals surface area contributed by atoms with Crippen LogP contribution in [0.4, 0.5) is 5.69 Å². The largest absolute Gasteiger partial charge is 0.497 e. The van der Waals surface area contributed by atoms with E-state index in [1.54, 1.807) is 7.11 Å². The predicted octanol–water partition coefficient (Wildman–Crippen LogP) is 5.17. The van der Waals surface area contributed by atoms with Crippen LogP contribution in [0.15, 0.2) is 48.5 Å². The lowest BCUT2D eigenvalue weighted by molar-refractivity contribution is -0.151. The zero-order valence-electron chi connectivity index (χ0n) is 24.2. The number of hydrogen-bond acceptors (Lipinski definition) is 5. The van der Waals surface area contributed by atoms with Crippen LogP contribution >= 0.6 is 0 Å². The number of likely N-dealkylation sites (tertiary alicyclic amines) is 1. The van der Waals surface area contributed by atoms with E-state index in [0.717, 1.165) is 55.7 Å². The number of piperidine rings is 1. The molecule has 2 aliphatic rings. The van der Waals surface area contributed by atoms with Crippen LogP contribution in [0, 0.1) is 5.41 Å². The maximum Gasteiger partial charge on any atom is 0.229 e. The lowest BCUT2D eigenvalue weighted by Crippen LogP contribution is -2.54. The molecular weight excluding hydrogens is 490 g/mol. The van der Waals surface area contributed by atoms with Gasteiger partial charge in [0.2, 0.25) is 11.8 Å². The van der Waals surface area contributed by atoms with Gasteiger partial charge in [-0.05, 0) is 81.8 Å². The first-order valence-electron chi connectivity index (χ1n) is 14.5. The number of aryl methyl sites for hydroxylation is 1. The molecule has 39 heavy (non-hydrogen) atoms. The van der Waals surface area contributed by atoms with Crippen LogP contribution in [0.3, 0.4) is 0 Å². The van der Waals surface area contributed by atoms with E-state index in [1.807, 2.05) is 53.2 Å². The minimum atomic E-state index is -0.403. The van der Waals surface area contributed by atoms with Gasteiger partial charge >= 0.3 is 0 Å². The van der Waals surface area contributed by atoms with Crippen LogP contribution in [0.1, 0.15) is 57.9 Å². The van der Waals surface area contributed by atoms with Crippen molar-refractivity contribution in [2.45, 2.75) is 64.8 Å². The molecule has 7 heteroatoms. The maximum atomic E-state index is 14.1. The number of carbonyl (C=O) groups is 2. The number of carbonyl (C=O) groups excluding carboxylic acids is 2. The predicted molar refractivity (Wildman–Crippen MR) is 155 cm³/mol. The van der Waals surface area contributed by atoms with Crippen molar-refractivity contribution < 1.29 is 19.1 Å². The Morgan fingerprint density at radius 3 is 2.44 bits per heavy atom. The molecule has 0 radical (unpaired) electrons. The minimum Gasteiger partial charge on any atom is -0.497 e. The standard InChI is InChI=1S/C32H45N3O4/c1-25(2)35-23-24-39-29-11-6-5-9-26(29)10-7-8-17-32(31(35)37)18-21-34(22-19-32)30(36)16-20-33(3)27-12-14-28(38-4)15-13-27/h5-6,9,11-15,25H,7-8,10,16-24H2,1-4H3. The summed E-state index contributed by atoms with van der Waals surface area (Å²) in [5.74, 6) is 2.16. The van der Waals surface area contributed by atoms with E-state index in [4.69, 9.17) is 9.47 Å². The number of hydrogen-bond donors (Lipinski definition) is 0. The zero-order valence-corrected chi connectivity index (χ0v) is 24.2. The second-order valence-corrected chi connectivity index (χ2v) is 11.3. The number of nitrogens with zero attached hydrogens (tertiary/aromatic N) is 3. The van der Waals surface area contributed by atoms with Crippen molar-refractivity contribution in [1.82, 2.24) is 9.80 Å². The molecule has 2 aliphatic heterocycles. The first kappa shape index (κ1) is 28.8. The fraction of sp³-hybridized carbons (Fsp3) is 0.562. The number of benzene rings is 2. The highest BCUT2D eigenvalue weighted by Gasteiger charge is 2.44. The van der Waals surface area contributed by atoms with Crippen LogP contribution in [-0.2, 0) is 16.0 Å². The van der Waals surface area contributed by atoms with Gasteiger partial charge in [-0.3, -0.25) is 9.59 Å². The minimum absolute atomic E-state index is 0.101. The normalized spacial score (nSPS) is 18.1. The van der Waals surface area contributed by atoms with Crippen molar-refractivity contribution in [1.29, 1.82) is 0 Å². The third-order valence-corrected chi connectivity index (χ3v) is 8.50. The first-order chi connectivity index (χ1) is 18.8. The van der Waals surface area contributed by atoms with Gasteiger partial charge in [0, 0.05) is 44.8 Å². The van der Waals surface area contributed by atoms with Crippen molar-refractivity contribution in [3.05, 3.63) is 54.1 Å². The van der Waals surface area contributed by atoms with Crippen molar-refractivity contribution in [3.63, 3.8) is 0 Å². The van der Waals surface area contributed by atoms with Gasteiger partial charge in [0.15, 0.2) is 0 Å². The third-order valence-electron chi connectivity index (χ3n) is 8.50. The summed E-state index contributed by atoms with van der Waals surface area (Å²) in [7, 11) is 3.66. The SMILES string of the molecule is COc1ccc(N(C)CCC(=O)N2CCC3(CCCCc4ccccc4OCCN(C(C)C)C3=O)CC2)cc1. The molecule has 2 amide bonds. The number of fused-ring (bicyclic) bond motifs is 1. The monoisotopic (exact) mass is 535 g/mol. The number of para-hydroxylation sites is 1. The Labute approximate surface area is 234 Å². The van der Waals surface area contributed by atoms with E-state index in [1.165, 1.54) is 5.56 Å². The van der Waals surface area contributed by atoms with Crippen molar-refractivity contribution in [2.24, 2.45) is 5.41 Å². The number of methoxy groups -OCH3 is 1. The van der Waals surface area contributed by atoms with Gasteiger partial charge in [0.05, 0.1) is 19.1 Å². The molecule has 212 valence electrons. The average Bonchev–Trinajstić information content (AvgIpc) is 2.96. The van der Waals surface area contributed by atoms with Crippen molar-refractivity contribution >= 4 is 17.5 Å². The third kappa shape index (κ3) is 7.06. The van der Waals surface area contributed by atoms with Crippen LogP contribution in [0.5, 0.6) is 11.5 Å². The summed E-state index contributed by atoms with van der Waals surface area (Å²) in [4.78, 5) is 33.3. The van der Waals surface area contributed by atoms with Gasteiger partial charge in [0.25, 0.3) is 0 Å².